The van der Waals surface area contributed by atoms with Crippen LogP contribution in [0.1, 0.15) is 45.2 Å². The van der Waals surface area contributed by atoms with Crippen molar-refractivity contribution in [2.45, 2.75) is 45.7 Å². The molecule has 0 amide bonds. The molecular formula is C16H25ClN2. The number of halogens is 1. The molecule has 3 heteroatoms. The van der Waals surface area contributed by atoms with Crippen LogP contribution < -0.4 is 10.2 Å². The molecule has 1 fully saturated rings. The maximum Gasteiger partial charge on any atom is 0.0474 e. The second-order valence-electron chi connectivity index (χ2n) is 5.91. The van der Waals surface area contributed by atoms with Crippen molar-refractivity contribution in [3.8, 4) is 0 Å². The zero-order chi connectivity index (χ0) is 14.0. The first-order chi connectivity index (χ1) is 9.02. The summed E-state index contributed by atoms with van der Waals surface area (Å²) in [6, 6.07) is 7.28. The Labute approximate surface area is 122 Å². The third-order valence-electron chi connectivity index (χ3n) is 3.99. The summed E-state index contributed by atoms with van der Waals surface area (Å²) in [4.78, 5) is 2.47. The second kappa shape index (κ2) is 6.15. The summed E-state index contributed by atoms with van der Waals surface area (Å²) in [6.07, 6.45) is 2.76. The van der Waals surface area contributed by atoms with Gasteiger partial charge in [0.2, 0.25) is 0 Å². The number of rotatable bonds is 6. The molecule has 1 aromatic carbocycles. The molecule has 106 valence electrons. The van der Waals surface area contributed by atoms with Gasteiger partial charge in [0.25, 0.3) is 0 Å². The first-order valence-electron chi connectivity index (χ1n) is 7.26. The summed E-state index contributed by atoms with van der Waals surface area (Å²) in [7, 11) is 1.96. The molecular weight excluding hydrogens is 256 g/mol. The Morgan fingerprint density at radius 1 is 1.32 bits per heavy atom. The third kappa shape index (κ3) is 3.64. The second-order valence-corrected chi connectivity index (χ2v) is 6.31. The molecule has 0 radical (unpaired) electrons. The molecule has 1 aromatic rings. The van der Waals surface area contributed by atoms with Crippen molar-refractivity contribution in [1.82, 2.24) is 5.32 Å². The van der Waals surface area contributed by atoms with Crippen molar-refractivity contribution in [3.05, 3.63) is 28.8 Å². The van der Waals surface area contributed by atoms with E-state index in [1.807, 2.05) is 7.05 Å². The number of hydrogen-bond donors (Lipinski definition) is 1. The van der Waals surface area contributed by atoms with Gasteiger partial charge in [-0.15, -0.1) is 0 Å². The van der Waals surface area contributed by atoms with Crippen LogP contribution in [0.15, 0.2) is 18.2 Å². The summed E-state index contributed by atoms with van der Waals surface area (Å²) in [6.45, 7) is 7.79. The number of hydrogen-bond acceptors (Lipinski definition) is 2. The molecule has 0 heterocycles. The molecule has 0 aromatic heterocycles. The standard InChI is InChI=1S/C16H25ClN2/c1-11(2)19(10-13-5-6-13)14-7-8-15(12(3)18-4)16(17)9-14/h7-9,11-13,18H,5-6,10H2,1-4H3. The molecule has 1 unspecified atom stereocenters. The first-order valence-corrected chi connectivity index (χ1v) is 7.64. The highest BCUT2D eigenvalue weighted by Crippen LogP contribution is 2.34. The van der Waals surface area contributed by atoms with Gasteiger partial charge in [-0.3, -0.25) is 0 Å². The SMILES string of the molecule is CNC(C)c1ccc(N(CC2CC2)C(C)C)cc1Cl. The smallest absolute Gasteiger partial charge is 0.0474 e. The van der Waals surface area contributed by atoms with Gasteiger partial charge in [-0.05, 0) is 64.3 Å². The van der Waals surface area contributed by atoms with Gasteiger partial charge in [0.05, 0.1) is 0 Å². The largest absolute Gasteiger partial charge is 0.369 e. The van der Waals surface area contributed by atoms with E-state index >= 15 is 0 Å². The first kappa shape index (κ1) is 14.7. The Bertz CT molecular complexity index is 427. The molecule has 0 bridgehead atoms. The van der Waals surface area contributed by atoms with E-state index in [0.29, 0.717) is 6.04 Å². The van der Waals surface area contributed by atoms with Crippen LogP contribution in [-0.4, -0.2) is 19.6 Å². The van der Waals surface area contributed by atoms with Crippen molar-refractivity contribution < 1.29 is 0 Å². The highest BCUT2D eigenvalue weighted by molar-refractivity contribution is 6.31. The lowest BCUT2D eigenvalue weighted by molar-refractivity contribution is 0.640. The lowest BCUT2D eigenvalue weighted by Gasteiger charge is -2.30. The molecule has 1 N–H and O–H groups in total. The van der Waals surface area contributed by atoms with Gasteiger partial charge in [0.15, 0.2) is 0 Å². The Morgan fingerprint density at radius 3 is 2.47 bits per heavy atom. The van der Waals surface area contributed by atoms with Crippen LogP contribution in [-0.2, 0) is 0 Å². The quantitative estimate of drug-likeness (QED) is 0.838. The van der Waals surface area contributed by atoms with Crippen molar-refractivity contribution >= 4 is 17.3 Å². The van der Waals surface area contributed by atoms with Crippen LogP contribution >= 0.6 is 11.6 Å². The molecule has 1 aliphatic rings. The minimum absolute atomic E-state index is 0.289. The average Bonchev–Trinajstić information content (AvgIpc) is 3.18. The van der Waals surface area contributed by atoms with Crippen LogP contribution in [0.5, 0.6) is 0 Å². The van der Waals surface area contributed by atoms with E-state index < -0.39 is 0 Å². The van der Waals surface area contributed by atoms with Crippen LogP contribution in [0, 0.1) is 5.92 Å². The molecule has 0 aliphatic heterocycles. The van der Waals surface area contributed by atoms with E-state index in [0.717, 1.165) is 17.5 Å². The normalized spacial score (nSPS) is 16.7. The lowest BCUT2D eigenvalue weighted by atomic mass is 10.1. The van der Waals surface area contributed by atoms with Crippen LogP contribution in [0.25, 0.3) is 0 Å². The van der Waals surface area contributed by atoms with E-state index in [-0.39, 0.29) is 6.04 Å². The van der Waals surface area contributed by atoms with Gasteiger partial charge in [-0.1, -0.05) is 17.7 Å². The van der Waals surface area contributed by atoms with Crippen molar-refractivity contribution in [1.29, 1.82) is 0 Å². The van der Waals surface area contributed by atoms with Gasteiger partial charge < -0.3 is 10.2 Å². The summed E-state index contributed by atoms with van der Waals surface area (Å²) in [5.41, 5.74) is 2.42. The summed E-state index contributed by atoms with van der Waals surface area (Å²) in [5, 5.41) is 4.10. The van der Waals surface area contributed by atoms with Crippen molar-refractivity contribution in [2.75, 3.05) is 18.5 Å². The van der Waals surface area contributed by atoms with Crippen molar-refractivity contribution in [2.24, 2.45) is 5.92 Å². The molecule has 19 heavy (non-hydrogen) atoms. The maximum absolute atomic E-state index is 6.44. The summed E-state index contributed by atoms with van der Waals surface area (Å²) >= 11 is 6.44. The minimum Gasteiger partial charge on any atom is -0.369 e. The maximum atomic E-state index is 6.44. The fraction of sp³-hybridized carbons (Fsp3) is 0.625. The van der Waals surface area contributed by atoms with Gasteiger partial charge in [-0.2, -0.15) is 0 Å². The summed E-state index contributed by atoms with van der Waals surface area (Å²) in [5.74, 6) is 0.886. The van der Waals surface area contributed by atoms with Gasteiger partial charge in [0.1, 0.15) is 0 Å². The van der Waals surface area contributed by atoms with Gasteiger partial charge >= 0.3 is 0 Å². The minimum atomic E-state index is 0.289. The van der Waals surface area contributed by atoms with Crippen molar-refractivity contribution in [3.63, 3.8) is 0 Å². The highest BCUT2D eigenvalue weighted by atomic mass is 35.5. The molecule has 0 spiro atoms. The van der Waals surface area contributed by atoms with Crippen LogP contribution in [0.2, 0.25) is 5.02 Å². The fourth-order valence-corrected chi connectivity index (χ4v) is 2.73. The zero-order valence-corrected chi connectivity index (χ0v) is 13.2. The Morgan fingerprint density at radius 2 is 2.00 bits per heavy atom. The average molecular weight is 281 g/mol. The zero-order valence-electron chi connectivity index (χ0n) is 12.4. The van der Waals surface area contributed by atoms with Crippen LogP contribution in [0.3, 0.4) is 0 Å². The predicted molar refractivity (Wildman–Crippen MR) is 84.1 cm³/mol. The molecule has 2 nitrogen and oxygen atoms in total. The number of benzene rings is 1. The van der Waals surface area contributed by atoms with Crippen LogP contribution in [0.4, 0.5) is 5.69 Å². The fourth-order valence-electron chi connectivity index (χ4n) is 2.39. The number of anilines is 1. The van der Waals surface area contributed by atoms with E-state index in [2.05, 4.69) is 49.2 Å². The van der Waals surface area contributed by atoms with E-state index in [4.69, 9.17) is 11.6 Å². The third-order valence-corrected chi connectivity index (χ3v) is 4.32. The van der Waals surface area contributed by atoms with E-state index in [9.17, 15) is 0 Å². The number of nitrogens with one attached hydrogen (secondary N) is 1. The monoisotopic (exact) mass is 280 g/mol. The van der Waals surface area contributed by atoms with Gasteiger partial charge in [0, 0.05) is 29.3 Å². The lowest BCUT2D eigenvalue weighted by Crippen LogP contribution is -2.32. The van der Waals surface area contributed by atoms with E-state index in [1.54, 1.807) is 0 Å². The molecule has 1 saturated carbocycles. The molecule has 1 aliphatic carbocycles. The summed E-state index contributed by atoms with van der Waals surface area (Å²) < 4.78 is 0. The predicted octanol–water partition coefficient (Wildman–Crippen LogP) is 4.25. The van der Waals surface area contributed by atoms with E-state index in [1.165, 1.54) is 24.1 Å². The Kier molecular flexibility index (Phi) is 4.75. The topological polar surface area (TPSA) is 15.3 Å². The molecule has 0 saturated heterocycles. The Balaban J connectivity index is 2.20. The Hall–Kier alpha value is -0.730. The highest BCUT2D eigenvalue weighted by Gasteiger charge is 2.26. The molecule has 1 atom stereocenters. The van der Waals surface area contributed by atoms with Gasteiger partial charge in [-0.25, -0.2) is 0 Å². The number of nitrogens with zero attached hydrogens (tertiary/aromatic N) is 1. The molecule has 2 rings (SSSR count).